The van der Waals surface area contributed by atoms with Gasteiger partial charge in [-0.1, -0.05) is 75.2 Å². The summed E-state index contributed by atoms with van der Waals surface area (Å²) in [5.74, 6) is 3.76. The molecule has 0 aromatic carbocycles. The van der Waals surface area contributed by atoms with Gasteiger partial charge in [-0.15, -0.1) is 0 Å². The Labute approximate surface area is 211 Å². The molecule has 200 valence electrons. The smallest absolute Gasteiger partial charge is 0.226 e. The molecule has 0 unspecified atom stereocenters. The van der Waals surface area contributed by atoms with Gasteiger partial charge in [0.25, 0.3) is 0 Å². The van der Waals surface area contributed by atoms with E-state index < -0.39 is 0 Å². The molecule has 0 radical (unpaired) electrons. The lowest BCUT2D eigenvalue weighted by atomic mass is 9.78. The number of nitrogens with one attached hydrogen (secondary N) is 2. The molecule has 0 aromatic heterocycles. The van der Waals surface area contributed by atoms with Crippen LogP contribution in [0.3, 0.4) is 0 Å². The number of aliphatic hydroxyl groups excluding tert-OH is 1. The summed E-state index contributed by atoms with van der Waals surface area (Å²) in [6.45, 7) is 20.5. The van der Waals surface area contributed by atoms with Gasteiger partial charge in [0.05, 0.1) is 5.41 Å². The predicted molar refractivity (Wildman–Crippen MR) is 148 cm³/mol. The normalized spacial score (nSPS) is 10.8. The molecule has 0 aromatic rings. The summed E-state index contributed by atoms with van der Waals surface area (Å²) in [7, 11) is 0. The Kier molecular flexibility index (Phi) is 28.9. The van der Waals surface area contributed by atoms with E-state index in [1.165, 1.54) is 12.8 Å². The zero-order valence-electron chi connectivity index (χ0n) is 23.5. The van der Waals surface area contributed by atoms with E-state index in [4.69, 9.17) is 5.11 Å². The van der Waals surface area contributed by atoms with Crippen LogP contribution in [-0.4, -0.2) is 48.1 Å². The molecule has 0 bridgehead atoms. The zero-order valence-corrected chi connectivity index (χ0v) is 24.3. The highest BCUT2D eigenvalue weighted by Gasteiger charge is 2.33. The van der Waals surface area contributed by atoms with E-state index in [9.17, 15) is 9.59 Å². The fourth-order valence-electron chi connectivity index (χ4n) is 3.44. The van der Waals surface area contributed by atoms with Crippen LogP contribution in [0, 0.1) is 17.3 Å². The minimum absolute atomic E-state index is 0.0822. The maximum Gasteiger partial charge on any atom is 0.226 e. The summed E-state index contributed by atoms with van der Waals surface area (Å²) in [5.41, 5.74) is -0.369. The first-order valence-corrected chi connectivity index (χ1v) is 14.7. The van der Waals surface area contributed by atoms with Crippen molar-refractivity contribution in [2.45, 2.75) is 114 Å². The van der Waals surface area contributed by atoms with E-state index >= 15 is 0 Å². The monoisotopic (exact) mass is 490 g/mol. The Hall–Kier alpha value is -0.750. The lowest BCUT2D eigenvalue weighted by molar-refractivity contribution is -0.132. The molecule has 5 nitrogen and oxygen atoms in total. The number of hydrogen-bond acceptors (Lipinski definition) is 4. The molecule has 0 aliphatic heterocycles. The molecule has 3 N–H and O–H groups in total. The van der Waals surface area contributed by atoms with Gasteiger partial charge in [-0.2, -0.15) is 11.8 Å². The molecule has 0 heterocycles. The highest BCUT2D eigenvalue weighted by atomic mass is 32.2. The Bertz CT molecular complexity index is 437. The molecular weight excluding hydrogens is 432 g/mol. The fraction of sp³-hybridized carbons (Fsp3) is 0.926. The SMILES string of the molecule is CC.CCC(CC)CCNC(=O)CCC(C)C.CCSCCNC(=O)C(CC)(CC)CCO. The van der Waals surface area contributed by atoms with E-state index in [1.54, 1.807) is 0 Å². The second-order valence-electron chi connectivity index (χ2n) is 8.67. The van der Waals surface area contributed by atoms with Crippen LogP contribution < -0.4 is 10.6 Å². The summed E-state index contributed by atoms with van der Waals surface area (Å²) in [6.07, 6.45) is 7.38. The number of hydrogen-bond donors (Lipinski definition) is 3. The van der Waals surface area contributed by atoms with Gasteiger partial charge in [-0.05, 0) is 49.7 Å². The van der Waals surface area contributed by atoms with Crippen molar-refractivity contribution in [1.82, 2.24) is 10.6 Å². The summed E-state index contributed by atoms with van der Waals surface area (Å²) in [6, 6.07) is 0. The van der Waals surface area contributed by atoms with Crippen molar-refractivity contribution < 1.29 is 14.7 Å². The quantitative estimate of drug-likeness (QED) is 0.205. The Morgan fingerprint density at radius 2 is 1.48 bits per heavy atom. The molecule has 0 saturated carbocycles. The average Bonchev–Trinajstić information content (AvgIpc) is 2.83. The molecule has 2 amide bonds. The van der Waals surface area contributed by atoms with Crippen molar-refractivity contribution in [2.75, 3.05) is 31.2 Å². The second-order valence-corrected chi connectivity index (χ2v) is 10.1. The molecule has 0 spiro atoms. The molecule has 0 aliphatic carbocycles. The molecule has 0 saturated heterocycles. The number of rotatable bonds is 17. The molecule has 0 fully saturated rings. The van der Waals surface area contributed by atoms with E-state index in [-0.39, 0.29) is 23.8 Å². The lowest BCUT2D eigenvalue weighted by Gasteiger charge is -2.29. The largest absolute Gasteiger partial charge is 0.396 e. The summed E-state index contributed by atoms with van der Waals surface area (Å²) in [4.78, 5) is 23.4. The minimum atomic E-state index is -0.369. The predicted octanol–water partition coefficient (Wildman–Crippen LogP) is 6.44. The first-order valence-electron chi connectivity index (χ1n) is 13.5. The van der Waals surface area contributed by atoms with Gasteiger partial charge in [0, 0.05) is 31.9 Å². The Balaban J connectivity index is -0.000000508. The lowest BCUT2D eigenvalue weighted by Crippen LogP contribution is -2.41. The van der Waals surface area contributed by atoms with E-state index in [0.717, 1.165) is 56.2 Å². The van der Waals surface area contributed by atoms with Crippen molar-refractivity contribution in [3.8, 4) is 0 Å². The Morgan fingerprint density at radius 3 is 1.91 bits per heavy atom. The van der Waals surface area contributed by atoms with Crippen molar-refractivity contribution in [3.63, 3.8) is 0 Å². The van der Waals surface area contributed by atoms with Crippen LogP contribution in [0.2, 0.25) is 0 Å². The summed E-state index contributed by atoms with van der Waals surface area (Å²) in [5, 5.41) is 15.0. The third-order valence-corrected chi connectivity index (χ3v) is 7.04. The number of carbonyl (C=O) groups excluding carboxylic acids is 2. The van der Waals surface area contributed by atoms with Gasteiger partial charge in [0.1, 0.15) is 0 Å². The van der Waals surface area contributed by atoms with Gasteiger partial charge in [-0.3, -0.25) is 9.59 Å². The standard InChI is InChI=1S/C13H27NO.C12H25NO2S.C2H6/c1-5-12(6-2)9-10-14-13(15)8-7-11(3)4;1-4-12(5-2,7-9-14)11(15)13-8-10-16-6-3;1-2/h11-12H,5-10H2,1-4H3,(H,14,15);14H,4-10H2,1-3H3,(H,13,15);1-2H3. The van der Waals surface area contributed by atoms with Crippen molar-refractivity contribution in [2.24, 2.45) is 17.3 Å². The van der Waals surface area contributed by atoms with Crippen molar-refractivity contribution in [3.05, 3.63) is 0 Å². The molecule has 0 atom stereocenters. The van der Waals surface area contributed by atoms with Gasteiger partial charge >= 0.3 is 0 Å². The van der Waals surface area contributed by atoms with E-state index in [0.29, 0.717) is 18.8 Å². The third kappa shape index (κ3) is 20.3. The summed E-state index contributed by atoms with van der Waals surface area (Å²) < 4.78 is 0. The van der Waals surface area contributed by atoms with Crippen LogP contribution in [0.1, 0.15) is 114 Å². The summed E-state index contributed by atoms with van der Waals surface area (Å²) >= 11 is 1.83. The Morgan fingerprint density at radius 1 is 0.909 bits per heavy atom. The number of aliphatic hydroxyl groups is 1. The van der Waals surface area contributed by atoms with Crippen LogP contribution in [0.5, 0.6) is 0 Å². The van der Waals surface area contributed by atoms with E-state index in [1.807, 2.05) is 39.5 Å². The molecule has 0 rings (SSSR count). The number of thioether (sulfide) groups is 1. The molecule has 6 heteroatoms. The topological polar surface area (TPSA) is 78.4 Å². The van der Waals surface area contributed by atoms with Gasteiger partial charge in [-0.25, -0.2) is 0 Å². The number of carbonyl (C=O) groups is 2. The van der Waals surface area contributed by atoms with Crippen LogP contribution in [0.15, 0.2) is 0 Å². The van der Waals surface area contributed by atoms with Gasteiger partial charge in [0.2, 0.25) is 11.8 Å². The molecule has 33 heavy (non-hydrogen) atoms. The average molecular weight is 491 g/mol. The first kappa shape index (κ1) is 36.8. The number of amides is 2. The van der Waals surface area contributed by atoms with Crippen LogP contribution in [0.4, 0.5) is 0 Å². The van der Waals surface area contributed by atoms with Crippen molar-refractivity contribution in [1.29, 1.82) is 0 Å². The van der Waals surface area contributed by atoms with E-state index in [2.05, 4.69) is 45.3 Å². The second kappa shape index (κ2) is 25.9. The highest BCUT2D eigenvalue weighted by molar-refractivity contribution is 7.99. The van der Waals surface area contributed by atoms with Crippen LogP contribution in [0.25, 0.3) is 0 Å². The van der Waals surface area contributed by atoms with Crippen LogP contribution in [-0.2, 0) is 9.59 Å². The fourth-order valence-corrected chi connectivity index (χ4v) is 3.98. The molecular formula is C27H58N2O3S. The molecule has 0 aliphatic rings. The van der Waals surface area contributed by atoms with Crippen molar-refractivity contribution >= 4 is 23.6 Å². The zero-order chi connectivity index (χ0) is 26.1. The van der Waals surface area contributed by atoms with Crippen LogP contribution >= 0.6 is 11.8 Å². The first-order chi connectivity index (χ1) is 15.8. The highest BCUT2D eigenvalue weighted by Crippen LogP contribution is 2.30. The maximum atomic E-state index is 12.0. The van der Waals surface area contributed by atoms with Gasteiger partial charge in [0.15, 0.2) is 0 Å². The minimum Gasteiger partial charge on any atom is -0.396 e. The van der Waals surface area contributed by atoms with Gasteiger partial charge < -0.3 is 15.7 Å². The maximum absolute atomic E-state index is 12.0. The third-order valence-electron chi connectivity index (χ3n) is 6.14.